The Morgan fingerprint density at radius 2 is 2.05 bits per heavy atom. The first-order chi connectivity index (χ1) is 10.4. The zero-order chi connectivity index (χ0) is 16.0. The van der Waals surface area contributed by atoms with Crippen molar-refractivity contribution in [3.05, 3.63) is 29.1 Å². The summed E-state index contributed by atoms with van der Waals surface area (Å²) >= 11 is 0. The third kappa shape index (κ3) is 2.21. The van der Waals surface area contributed by atoms with Gasteiger partial charge in [-0.25, -0.2) is 9.40 Å². The number of fused-ring (bicyclic) bond motifs is 1. The molecule has 0 spiro atoms. The lowest BCUT2D eigenvalue weighted by Crippen LogP contribution is -2.60. The molecule has 1 aromatic rings. The summed E-state index contributed by atoms with van der Waals surface area (Å²) in [5.41, 5.74) is 6.67. The van der Waals surface area contributed by atoms with Crippen LogP contribution in [0.1, 0.15) is 28.8 Å². The topological polar surface area (TPSA) is 95.7 Å². The molecule has 1 atom stereocenters. The Labute approximate surface area is 125 Å². The van der Waals surface area contributed by atoms with Gasteiger partial charge >= 0.3 is 0 Å². The van der Waals surface area contributed by atoms with E-state index in [0.29, 0.717) is 5.56 Å². The van der Waals surface area contributed by atoms with E-state index in [2.05, 4.69) is 5.32 Å². The first-order valence-electron chi connectivity index (χ1n) is 6.84. The monoisotopic (exact) mass is 306 g/mol. The fourth-order valence-corrected chi connectivity index (χ4v) is 2.90. The molecule has 22 heavy (non-hydrogen) atoms. The Bertz CT molecular complexity index is 691. The predicted octanol–water partition coefficient (Wildman–Crippen LogP) is 0.0157. The molecule has 3 rings (SSSR count). The lowest BCUT2D eigenvalue weighted by molar-refractivity contribution is -0.142. The van der Waals surface area contributed by atoms with Gasteiger partial charge in [0, 0.05) is 31.3 Å². The minimum Gasteiger partial charge on any atom is -0.398 e. The molecule has 1 aromatic carbocycles. The van der Waals surface area contributed by atoms with Crippen LogP contribution < -0.4 is 11.1 Å². The van der Waals surface area contributed by atoms with Crippen LogP contribution >= 0.6 is 0 Å². The van der Waals surface area contributed by atoms with Crippen molar-refractivity contribution in [1.82, 2.24) is 15.3 Å². The molecule has 0 radical (unpaired) electrons. The molecule has 0 aromatic heterocycles. The van der Waals surface area contributed by atoms with E-state index < -0.39 is 23.7 Å². The molecule has 1 saturated heterocycles. The lowest BCUT2D eigenvalue weighted by Gasteiger charge is -2.42. The second kappa shape index (κ2) is 5.06. The van der Waals surface area contributed by atoms with Crippen molar-refractivity contribution in [2.45, 2.75) is 25.4 Å². The number of nitrogens with one attached hydrogen (secondary N) is 1. The summed E-state index contributed by atoms with van der Waals surface area (Å²) in [6, 6.07) is 1.51. The van der Waals surface area contributed by atoms with Gasteiger partial charge in [0.05, 0.1) is 5.56 Å². The number of anilines is 1. The molecule has 2 aliphatic rings. The van der Waals surface area contributed by atoms with Crippen LogP contribution in [0.15, 0.2) is 12.1 Å². The van der Waals surface area contributed by atoms with Crippen molar-refractivity contribution in [2.75, 3.05) is 12.8 Å². The number of hydrogen-bond donors (Lipinski definition) is 2. The van der Waals surface area contributed by atoms with E-state index in [0.717, 1.165) is 6.07 Å². The molecule has 3 N–H and O–H groups in total. The maximum Gasteiger partial charge on any atom is 0.269 e. The summed E-state index contributed by atoms with van der Waals surface area (Å²) in [5.74, 6) is -1.98. The highest BCUT2D eigenvalue weighted by Crippen LogP contribution is 2.30. The van der Waals surface area contributed by atoms with Crippen molar-refractivity contribution in [2.24, 2.45) is 0 Å². The van der Waals surface area contributed by atoms with E-state index in [-0.39, 0.29) is 36.5 Å². The highest BCUT2D eigenvalue weighted by atomic mass is 19.1. The van der Waals surface area contributed by atoms with Gasteiger partial charge in [-0.2, -0.15) is 0 Å². The highest BCUT2D eigenvalue weighted by molar-refractivity contribution is 6.04. The minimum absolute atomic E-state index is 0.153. The number of nitrogen functional groups attached to an aromatic ring is 1. The molecule has 2 heterocycles. The number of hydrogen-bond acceptors (Lipinski definition) is 5. The molecule has 116 valence electrons. The number of hydrazine groups is 1. The normalized spacial score (nSPS) is 22.5. The van der Waals surface area contributed by atoms with Gasteiger partial charge in [0.1, 0.15) is 11.9 Å². The number of halogens is 1. The first-order valence-corrected chi connectivity index (χ1v) is 6.84. The third-order valence-corrected chi connectivity index (χ3v) is 3.95. The van der Waals surface area contributed by atoms with Crippen LogP contribution in [0, 0.1) is 5.82 Å². The Kier molecular flexibility index (Phi) is 3.32. The Morgan fingerprint density at radius 1 is 1.32 bits per heavy atom. The van der Waals surface area contributed by atoms with Gasteiger partial charge in [-0.3, -0.25) is 24.7 Å². The van der Waals surface area contributed by atoms with Gasteiger partial charge < -0.3 is 5.73 Å². The highest BCUT2D eigenvalue weighted by Gasteiger charge is 2.40. The molecule has 3 amide bonds. The van der Waals surface area contributed by atoms with Crippen LogP contribution in [-0.4, -0.2) is 40.8 Å². The summed E-state index contributed by atoms with van der Waals surface area (Å²) in [7, 11) is 1.65. The zero-order valence-corrected chi connectivity index (χ0v) is 11.9. The first kappa shape index (κ1) is 14.5. The van der Waals surface area contributed by atoms with E-state index in [4.69, 9.17) is 5.73 Å². The molecule has 8 heteroatoms. The van der Waals surface area contributed by atoms with Crippen LogP contribution in [0.3, 0.4) is 0 Å². The van der Waals surface area contributed by atoms with Crippen LogP contribution in [0.25, 0.3) is 0 Å². The number of benzene rings is 1. The number of nitrogens with two attached hydrogens (primary N) is 1. The van der Waals surface area contributed by atoms with Gasteiger partial charge in [-0.15, -0.1) is 0 Å². The maximum absolute atomic E-state index is 13.5. The van der Waals surface area contributed by atoms with Crippen LogP contribution in [0.2, 0.25) is 0 Å². The molecule has 1 fully saturated rings. The molecular weight excluding hydrogens is 291 g/mol. The number of nitrogens with zero attached hydrogens (tertiary/aromatic N) is 2. The van der Waals surface area contributed by atoms with Crippen LogP contribution in [0.4, 0.5) is 10.1 Å². The number of carbonyl (C=O) groups is 3. The molecule has 1 unspecified atom stereocenters. The van der Waals surface area contributed by atoms with Gasteiger partial charge in [-0.05, 0) is 18.6 Å². The summed E-state index contributed by atoms with van der Waals surface area (Å²) in [6.07, 6.45) is 0.396. The van der Waals surface area contributed by atoms with Gasteiger partial charge in [0.15, 0.2) is 0 Å². The van der Waals surface area contributed by atoms with E-state index >= 15 is 0 Å². The standard InChI is InChI=1S/C14H15FN4O3/c1-18-6-9-8(4-7(15)5-10(9)16)14(22)19(18)11-2-3-12(20)17-13(11)21/h4-5,11H,2-3,6,16H2,1H3,(H,17,20,21). The smallest absolute Gasteiger partial charge is 0.269 e. The minimum atomic E-state index is -0.784. The number of carbonyl (C=O) groups excluding carboxylic acids is 3. The van der Waals surface area contributed by atoms with E-state index in [1.54, 1.807) is 12.1 Å². The Hall–Kier alpha value is -2.48. The van der Waals surface area contributed by atoms with E-state index in [9.17, 15) is 18.8 Å². The average Bonchev–Trinajstić information content (AvgIpc) is 2.42. The second-order valence-corrected chi connectivity index (χ2v) is 5.45. The van der Waals surface area contributed by atoms with Gasteiger partial charge in [0.25, 0.3) is 11.8 Å². The molecule has 2 aliphatic heterocycles. The number of imide groups is 1. The summed E-state index contributed by atoms with van der Waals surface area (Å²) in [6.45, 7) is 0.283. The van der Waals surface area contributed by atoms with Gasteiger partial charge in [0.2, 0.25) is 5.91 Å². The number of rotatable bonds is 1. The van der Waals surface area contributed by atoms with Crippen molar-refractivity contribution in [3.63, 3.8) is 0 Å². The van der Waals surface area contributed by atoms with Crippen LogP contribution in [-0.2, 0) is 16.1 Å². The fourth-order valence-electron chi connectivity index (χ4n) is 2.90. The molecular formula is C14H15FN4O3. The Balaban J connectivity index is 1.99. The van der Waals surface area contributed by atoms with E-state index in [1.165, 1.54) is 11.1 Å². The number of amides is 3. The summed E-state index contributed by atoms with van der Waals surface area (Å²) < 4.78 is 13.5. The predicted molar refractivity (Wildman–Crippen MR) is 74.6 cm³/mol. The van der Waals surface area contributed by atoms with Crippen molar-refractivity contribution in [1.29, 1.82) is 0 Å². The summed E-state index contributed by atoms with van der Waals surface area (Å²) in [4.78, 5) is 35.9. The zero-order valence-electron chi connectivity index (χ0n) is 11.9. The lowest BCUT2D eigenvalue weighted by atomic mass is 9.98. The summed E-state index contributed by atoms with van der Waals surface area (Å²) in [5, 5.41) is 5.05. The molecule has 0 saturated carbocycles. The third-order valence-electron chi connectivity index (χ3n) is 3.95. The van der Waals surface area contributed by atoms with E-state index in [1.807, 2.05) is 0 Å². The van der Waals surface area contributed by atoms with Gasteiger partial charge in [-0.1, -0.05) is 0 Å². The molecule has 0 bridgehead atoms. The Morgan fingerprint density at radius 3 is 2.73 bits per heavy atom. The largest absolute Gasteiger partial charge is 0.398 e. The fraction of sp³-hybridized carbons (Fsp3) is 0.357. The van der Waals surface area contributed by atoms with Crippen molar-refractivity contribution < 1.29 is 18.8 Å². The molecule has 0 aliphatic carbocycles. The average molecular weight is 306 g/mol. The second-order valence-electron chi connectivity index (χ2n) is 5.45. The van der Waals surface area contributed by atoms with Crippen molar-refractivity contribution in [3.8, 4) is 0 Å². The molecule has 7 nitrogen and oxygen atoms in total. The van der Waals surface area contributed by atoms with Crippen molar-refractivity contribution >= 4 is 23.4 Å². The maximum atomic E-state index is 13.5. The van der Waals surface area contributed by atoms with Crippen LogP contribution in [0.5, 0.6) is 0 Å². The number of piperidine rings is 1. The SMILES string of the molecule is CN1Cc2c(N)cc(F)cc2C(=O)N1C1CCC(=O)NC1=O. The quantitative estimate of drug-likeness (QED) is 0.563.